The van der Waals surface area contributed by atoms with E-state index < -0.39 is 0 Å². The summed E-state index contributed by atoms with van der Waals surface area (Å²) in [6.45, 7) is 4.27. The van der Waals surface area contributed by atoms with Gasteiger partial charge in [-0.3, -0.25) is 4.79 Å². The Labute approximate surface area is 119 Å². The Morgan fingerprint density at radius 2 is 2.32 bits per heavy atom. The molecule has 1 aromatic rings. The molecule has 2 atom stereocenters. The van der Waals surface area contributed by atoms with Gasteiger partial charge in [0.1, 0.15) is 0 Å². The molecule has 0 bridgehead atoms. The van der Waals surface area contributed by atoms with Crippen molar-refractivity contribution in [2.24, 2.45) is 5.92 Å². The number of nitrogens with one attached hydrogen (secondary N) is 1. The minimum Gasteiger partial charge on any atom is -0.337 e. The molecule has 4 heteroatoms. The number of hydrogen-bond donors (Lipinski definition) is 1. The third-order valence-corrected chi connectivity index (χ3v) is 5.67. The van der Waals surface area contributed by atoms with E-state index in [1.54, 1.807) is 11.3 Å². The van der Waals surface area contributed by atoms with Crippen LogP contribution in [0.1, 0.15) is 39.9 Å². The van der Waals surface area contributed by atoms with E-state index in [0.29, 0.717) is 6.04 Å². The summed E-state index contributed by atoms with van der Waals surface area (Å²) in [5.74, 6) is 0.975. The van der Waals surface area contributed by atoms with Gasteiger partial charge in [0, 0.05) is 24.5 Å². The Kier molecular flexibility index (Phi) is 3.63. The van der Waals surface area contributed by atoms with Crippen molar-refractivity contribution in [3.05, 3.63) is 21.4 Å². The molecule has 1 fully saturated rings. The number of rotatable bonds is 2. The molecule has 0 saturated carbocycles. The van der Waals surface area contributed by atoms with Gasteiger partial charge in [0.15, 0.2) is 0 Å². The van der Waals surface area contributed by atoms with Crippen LogP contribution in [0.15, 0.2) is 6.07 Å². The quantitative estimate of drug-likeness (QED) is 0.900. The smallest absolute Gasteiger partial charge is 0.263 e. The lowest BCUT2D eigenvalue weighted by molar-refractivity contribution is 0.0748. The summed E-state index contributed by atoms with van der Waals surface area (Å²) in [6.07, 6.45) is 4.64. The first kappa shape index (κ1) is 13.1. The van der Waals surface area contributed by atoms with Crippen LogP contribution >= 0.6 is 11.3 Å². The fourth-order valence-corrected chi connectivity index (χ4v) is 4.31. The summed E-state index contributed by atoms with van der Waals surface area (Å²) in [5, 5.41) is 3.32. The van der Waals surface area contributed by atoms with Crippen LogP contribution in [0.3, 0.4) is 0 Å². The first-order valence-corrected chi connectivity index (χ1v) is 8.06. The van der Waals surface area contributed by atoms with Crippen LogP contribution in [-0.4, -0.2) is 37.0 Å². The van der Waals surface area contributed by atoms with Crippen molar-refractivity contribution in [3.8, 4) is 0 Å². The molecule has 2 unspecified atom stereocenters. The number of thiophene rings is 1. The molecule has 1 aromatic heterocycles. The van der Waals surface area contributed by atoms with Crippen molar-refractivity contribution in [3.63, 3.8) is 0 Å². The van der Waals surface area contributed by atoms with Crippen molar-refractivity contribution < 1.29 is 4.79 Å². The van der Waals surface area contributed by atoms with Crippen molar-refractivity contribution in [1.29, 1.82) is 0 Å². The molecule has 0 radical (unpaired) electrons. The van der Waals surface area contributed by atoms with Gasteiger partial charge in [-0.1, -0.05) is 6.92 Å². The average molecular weight is 278 g/mol. The van der Waals surface area contributed by atoms with Crippen molar-refractivity contribution in [1.82, 2.24) is 10.2 Å². The number of carbonyl (C=O) groups is 1. The van der Waals surface area contributed by atoms with E-state index in [0.717, 1.165) is 43.1 Å². The highest BCUT2D eigenvalue weighted by Crippen LogP contribution is 2.32. The lowest BCUT2D eigenvalue weighted by Crippen LogP contribution is -2.37. The molecule has 2 heterocycles. The first-order valence-electron chi connectivity index (χ1n) is 7.24. The predicted octanol–water partition coefficient (Wildman–Crippen LogP) is 2.31. The molecular weight excluding hydrogens is 256 g/mol. The zero-order valence-electron chi connectivity index (χ0n) is 11.7. The number of carbonyl (C=O) groups excluding carboxylic acids is 1. The first-order chi connectivity index (χ1) is 9.15. The monoisotopic (exact) mass is 278 g/mol. The molecular formula is C15H22N2OS. The Morgan fingerprint density at radius 1 is 1.47 bits per heavy atom. The second-order valence-electron chi connectivity index (χ2n) is 5.97. The second-order valence-corrected chi connectivity index (χ2v) is 7.11. The van der Waals surface area contributed by atoms with Crippen molar-refractivity contribution in [2.45, 2.75) is 38.6 Å². The van der Waals surface area contributed by atoms with E-state index in [9.17, 15) is 4.79 Å². The molecule has 19 heavy (non-hydrogen) atoms. The molecule has 1 aliphatic carbocycles. The van der Waals surface area contributed by atoms with Crippen LogP contribution in [0.4, 0.5) is 0 Å². The van der Waals surface area contributed by atoms with Crippen LogP contribution < -0.4 is 5.32 Å². The van der Waals surface area contributed by atoms with Gasteiger partial charge in [0.2, 0.25) is 0 Å². The summed E-state index contributed by atoms with van der Waals surface area (Å²) in [5.41, 5.74) is 1.42. The van der Waals surface area contributed by atoms with Gasteiger partial charge < -0.3 is 10.2 Å². The summed E-state index contributed by atoms with van der Waals surface area (Å²) in [4.78, 5) is 16.9. The predicted molar refractivity (Wildman–Crippen MR) is 78.9 cm³/mol. The van der Waals surface area contributed by atoms with E-state index >= 15 is 0 Å². The zero-order valence-corrected chi connectivity index (χ0v) is 12.6. The fraction of sp³-hybridized carbons (Fsp3) is 0.667. The van der Waals surface area contributed by atoms with Gasteiger partial charge >= 0.3 is 0 Å². The van der Waals surface area contributed by atoms with E-state index in [-0.39, 0.29) is 5.91 Å². The maximum Gasteiger partial charge on any atom is 0.263 e. The molecule has 3 nitrogen and oxygen atoms in total. The molecule has 1 amide bonds. The summed E-state index contributed by atoms with van der Waals surface area (Å²) in [6, 6.07) is 2.52. The largest absolute Gasteiger partial charge is 0.337 e. The van der Waals surface area contributed by atoms with E-state index in [2.05, 4.69) is 18.3 Å². The van der Waals surface area contributed by atoms with Gasteiger partial charge in [0.05, 0.1) is 4.88 Å². The minimum atomic E-state index is 0.209. The third-order valence-electron chi connectivity index (χ3n) is 4.44. The topological polar surface area (TPSA) is 32.3 Å². The van der Waals surface area contributed by atoms with Gasteiger partial charge in [0.25, 0.3) is 5.91 Å². The Balaban J connectivity index is 1.76. The van der Waals surface area contributed by atoms with Crippen molar-refractivity contribution in [2.75, 3.05) is 20.1 Å². The molecule has 3 rings (SSSR count). The Bertz CT molecular complexity index is 476. The molecule has 1 N–H and O–H groups in total. The highest BCUT2D eigenvalue weighted by Gasteiger charge is 2.27. The Hall–Kier alpha value is -0.870. The second kappa shape index (κ2) is 5.25. The van der Waals surface area contributed by atoms with Crippen LogP contribution in [0.5, 0.6) is 0 Å². The number of nitrogens with zero attached hydrogens (tertiary/aromatic N) is 1. The van der Waals surface area contributed by atoms with E-state index in [1.807, 2.05) is 11.9 Å². The number of hydrogen-bond acceptors (Lipinski definition) is 3. The molecule has 1 aliphatic heterocycles. The van der Waals surface area contributed by atoms with Crippen LogP contribution in [0.2, 0.25) is 0 Å². The summed E-state index contributed by atoms with van der Waals surface area (Å²) < 4.78 is 0. The van der Waals surface area contributed by atoms with Crippen LogP contribution in [0, 0.1) is 5.92 Å². The number of aryl methyl sites for hydroxylation is 1. The van der Waals surface area contributed by atoms with Crippen molar-refractivity contribution >= 4 is 17.2 Å². The zero-order chi connectivity index (χ0) is 13.4. The van der Waals surface area contributed by atoms with E-state index in [1.165, 1.54) is 16.9 Å². The standard InChI is InChI=1S/C15H22N2OS/c1-10-3-4-13-11(7-10)8-14(19-13)15(18)17(2)12-5-6-16-9-12/h8,10,12,16H,3-7,9H2,1-2H3. The van der Waals surface area contributed by atoms with Crippen LogP contribution in [0.25, 0.3) is 0 Å². The van der Waals surface area contributed by atoms with Gasteiger partial charge in [-0.15, -0.1) is 11.3 Å². The van der Waals surface area contributed by atoms with Gasteiger partial charge in [-0.25, -0.2) is 0 Å². The SMILES string of the molecule is CC1CCc2sc(C(=O)N(C)C3CCNC3)cc2C1. The summed E-state index contributed by atoms with van der Waals surface area (Å²) >= 11 is 1.72. The average Bonchev–Trinajstić information content (AvgIpc) is 3.05. The lowest BCUT2D eigenvalue weighted by atomic mass is 9.90. The molecule has 0 aromatic carbocycles. The maximum atomic E-state index is 12.5. The lowest BCUT2D eigenvalue weighted by Gasteiger charge is -2.23. The highest BCUT2D eigenvalue weighted by atomic mass is 32.1. The number of amides is 1. The third kappa shape index (κ3) is 2.56. The van der Waals surface area contributed by atoms with Crippen LogP contribution in [-0.2, 0) is 12.8 Å². The maximum absolute atomic E-state index is 12.5. The molecule has 2 aliphatic rings. The van der Waals surface area contributed by atoms with Gasteiger partial charge in [-0.05, 0) is 49.8 Å². The number of likely N-dealkylation sites (N-methyl/N-ethyl adjacent to an activating group) is 1. The molecule has 1 saturated heterocycles. The highest BCUT2D eigenvalue weighted by molar-refractivity contribution is 7.14. The van der Waals surface area contributed by atoms with Gasteiger partial charge in [-0.2, -0.15) is 0 Å². The fourth-order valence-electron chi connectivity index (χ4n) is 3.12. The van der Waals surface area contributed by atoms with E-state index in [4.69, 9.17) is 0 Å². The Morgan fingerprint density at radius 3 is 3.05 bits per heavy atom. The molecule has 0 spiro atoms. The summed E-state index contributed by atoms with van der Waals surface area (Å²) in [7, 11) is 1.95. The minimum absolute atomic E-state index is 0.209. The number of fused-ring (bicyclic) bond motifs is 1. The normalized spacial score (nSPS) is 26.2. The molecule has 104 valence electrons.